The molecule has 4 nitrogen and oxygen atoms in total. The molecule has 124 valence electrons. The Labute approximate surface area is 153 Å². The zero-order valence-electron chi connectivity index (χ0n) is 12.4. The number of benzene rings is 1. The maximum Gasteiger partial charge on any atom is 0.287 e. The average Bonchev–Trinajstić information content (AvgIpc) is 3.25. The van der Waals surface area contributed by atoms with Crippen LogP contribution >= 0.6 is 34.5 Å². The minimum atomic E-state index is -0.268. The van der Waals surface area contributed by atoms with E-state index < -0.39 is 0 Å². The van der Waals surface area contributed by atoms with Crippen LogP contribution in [-0.4, -0.2) is 5.91 Å². The topological polar surface area (TPSA) is 51.5 Å². The number of halogens is 2. The molecule has 0 fully saturated rings. The molecule has 0 unspecified atom stereocenters. The van der Waals surface area contributed by atoms with Crippen molar-refractivity contribution in [1.29, 1.82) is 0 Å². The minimum Gasteiger partial charge on any atom is -0.484 e. The molecule has 3 rings (SSSR count). The lowest BCUT2D eigenvalue weighted by Gasteiger charge is -2.06. The fraction of sp³-hybridized carbons (Fsp3) is 0.118. The van der Waals surface area contributed by atoms with Crippen molar-refractivity contribution in [2.24, 2.45) is 0 Å². The van der Waals surface area contributed by atoms with Gasteiger partial charge in [0.1, 0.15) is 18.1 Å². The van der Waals surface area contributed by atoms with E-state index in [1.165, 1.54) is 0 Å². The van der Waals surface area contributed by atoms with Crippen molar-refractivity contribution in [3.8, 4) is 5.75 Å². The van der Waals surface area contributed by atoms with Crippen molar-refractivity contribution in [2.45, 2.75) is 13.2 Å². The lowest BCUT2D eigenvalue weighted by atomic mass is 10.3. The van der Waals surface area contributed by atoms with Crippen molar-refractivity contribution in [2.75, 3.05) is 0 Å². The van der Waals surface area contributed by atoms with E-state index in [9.17, 15) is 4.79 Å². The third-order valence-electron chi connectivity index (χ3n) is 3.15. The summed E-state index contributed by atoms with van der Waals surface area (Å²) in [5.41, 5.74) is 0. The highest BCUT2D eigenvalue weighted by atomic mass is 35.5. The number of nitrogens with one attached hydrogen (secondary N) is 1. The highest BCUT2D eigenvalue weighted by molar-refractivity contribution is 7.09. The largest absolute Gasteiger partial charge is 0.484 e. The molecule has 0 aliphatic carbocycles. The van der Waals surface area contributed by atoms with Gasteiger partial charge in [-0.2, -0.15) is 0 Å². The average molecular weight is 382 g/mol. The van der Waals surface area contributed by atoms with Gasteiger partial charge in [-0.3, -0.25) is 4.79 Å². The number of amides is 1. The fourth-order valence-corrected chi connectivity index (χ4v) is 2.96. The number of ether oxygens (including phenoxy) is 1. The molecule has 0 aliphatic rings. The van der Waals surface area contributed by atoms with Crippen molar-refractivity contribution in [1.82, 2.24) is 5.32 Å². The van der Waals surface area contributed by atoms with Crippen molar-refractivity contribution < 1.29 is 13.9 Å². The number of hydrogen-bond acceptors (Lipinski definition) is 4. The van der Waals surface area contributed by atoms with Crippen LogP contribution in [0.25, 0.3) is 0 Å². The molecule has 24 heavy (non-hydrogen) atoms. The molecule has 2 aromatic heterocycles. The Morgan fingerprint density at radius 1 is 1.21 bits per heavy atom. The van der Waals surface area contributed by atoms with E-state index in [1.54, 1.807) is 41.7 Å². The lowest BCUT2D eigenvalue weighted by molar-refractivity contribution is 0.0919. The lowest BCUT2D eigenvalue weighted by Crippen LogP contribution is -2.21. The van der Waals surface area contributed by atoms with Crippen LogP contribution in [0.1, 0.15) is 21.2 Å². The summed E-state index contributed by atoms with van der Waals surface area (Å²) < 4.78 is 11.1. The van der Waals surface area contributed by atoms with Crippen LogP contribution in [0, 0.1) is 0 Å². The standard InChI is InChI=1S/C17H13Cl2NO3S/c18-11-3-5-14(19)16(8-11)22-10-12-4-6-15(23-12)17(21)20-9-13-2-1-7-24-13/h1-8H,9-10H2,(H,20,21). The highest BCUT2D eigenvalue weighted by Crippen LogP contribution is 2.28. The first-order valence-electron chi connectivity index (χ1n) is 7.09. The van der Waals surface area contributed by atoms with Crippen LogP contribution in [0.15, 0.2) is 52.3 Å². The van der Waals surface area contributed by atoms with Gasteiger partial charge >= 0.3 is 0 Å². The fourth-order valence-electron chi connectivity index (χ4n) is 1.98. The summed E-state index contributed by atoms with van der Waals surface area (Å²) in [6.45, 7) is 0.624. The van der Waals surface area contributed by atoms with Crippen LogP contribution in [-0.2, 0) is 13.2 Å². The second kappa shape index (κ2) is 7.75. The summed E-state index contributed by atoms with van der Waals surface area (Å²) in [6.07, 6.45) is 0. The van der Waals surface area contributed by atoms with E-state index in [2.05, 4.69) is 5.32 Å². The van der Waals surface area contributed by atoms with Gasteiger partial charge in [-0.1, -0.05) is 29.3 Å². The van der Waals surface area contributed by atoms with Gasteiger partial charge in [-0.25, -0.2) is 0 Å². The number of carbonyl (C=O) groups is 1. The van der Waals surface area contributed by atoms with Gasteiger partial charge in [0.15, 0.2) is 5.76 Å². The molecule has 0 saturated heterocycles. The predicted octanol–water partition coefficient (Wildman–Crippen LogP) is 5.16. The van der Waals surface area contributed by atoms with E-state index in [0.717, 1.165) is 4.88 Å². The summed E-state index contributed by atoms with van der Waals surface area (Å²) in [4.78, 5) is 13.1. The molecule has 1 aromatic carbocycles. The number of furan rings is 1. The first-order valence-corrected chi connectivity index (χ1v) is 8.72. The first-order chi connectivity index (χ1) is 11.6. The molecule has 3 aromatic rings. The second-order valence-corrected chi connectivity index (χ2v) is 6.77. The summed E-state index contributed by atoms with van der Waals surface area (Å²) in [7, 11) is 0. The zero-order chi connectivity index (χ0) is 16.9. The molecule has 0 atom stereocenters. The molecule has 7 heteroatoms. The summed E-state index contributed by atoms with van der Waals surface area (Å²) in [5, 5.41) is 5.75. The number of hydrogen-bond donors (Lipinski definition) is 1. The molecular weight excluding hydrogens is 369 g/mol. The van der Waals surface area contributed by atoms with Crippen LogP contribution in [0.4, 0.5) is 0 Å². The van der Waals surface area contributed by atoms with Gasteiger partial charge in [0, 0.05) is 16.0 Å². The summed E-state index contributed by atoms with van der Waals surface area (Å²) >= 11 is 13.5. The Balaban J connectivity index is 1.57. The summed E-state index contributed by atoms with van der Waals surface area (Å²) in [6, 6.07) is 12.2. The van der Waals surface area contributed by atoms with E-state index in [4.69, 9.17) is 32.4 Å². The molecular formula is C17H13Cl2NO3S. The first kappa shape index (κ1) is 16.9. The third-order valence-corrected chi connectivity index (χ3v) is 4.58. The van der Waals surface area contributed by atoms with Gasteiger partial charge < -0.3 is 14.5 Å². The maximum atomic E-state index is 12.0. The molecule has 1 N–H and O–H groups in total. The highest BCUT2D eigenvalue weighted by Gasteiger charge is 2.12. The quantitative estimate of drug-likeness (QED) is 0.641. The molecule has 0 aliphatic heterocycles. The van der Waals surface area contributed by atoms with Crippen molar-refractivity contribution >= 4 is 40.4 Å². The Kier molecular flexibility index (Phi) is 5.45. The predicted molar refractivity (Wildman–Crippen MR) is 95.0 cm³/mol. The van der Waals surface area contributed by atoms with E-state index in [-0.39, 0.29) is 18.3 Å². The molecule has 1 amide bonds. The monoisotopic (exact) mass is 381 g/mol. The second-order valence-electron chi connectivity index (χ2n) is 4.89. The van der Waals surface area contributed by atoms with E-state index in [1.807, 2.05) is 17.5 Å². The van der Waals surface area contributed by atoms with E-state index in [0.29, 0.717) is 28.1 Å². The van der Waals surface area contributed by atoms with Gasteiger partial charge in [-0.15, -0.1) is 11.3 Å². The van der Waals surface area contributed by atoms with Crippen LogP contribution in [0.2, 0.25) is 10.0 Å². The zero-order valence-corrected chi connectivity index (χ0v) is 14.8. The van der Waals surface area contributed by atoms with Crippen LogP contribution in [0.3, 0.4) is 0 Å². The Bertz CT molecular complexity index is 830. The minimum absolute atomic E-state index is 0.151. The van der Waals surface area contributed by atoms with Crippen molar-refractivity contribution in [3.05, 3.63) is 74.3 Å². The number of thiophene rings is 1. The van der Waals surface area contributed by atoms with Crippen LogP contribution in [0.5, 0.6) is 5.75 Å². The van der Waals surface area contributed by atoms with Crippen molar-refractivity contribution in [3.63, 3.8) is 0 Å². The van der Waals surface area contributed by atoms with E-state index >= 15 is 0 Å². The molecule has 0 saturated carbocycles. The number of carbonyl (C=O) groups excluding carboxylic acids is 1. The van der Waals surface area contributed by atoms with Crippen LogP contribution < -0.4 is 10.1 Å². The molecule has 0 bridgehead atoms. The molecule has 2 heterocycles. The van der Waals surface area contributed by atoms with Gasteiger partial charge in [-0.05, 0) is 35.7 Å². The Hall–Kier alpha value is -1.95. The van der Waals surface area contributed by atoms with Gasteiger partial charge in [0.25, 0.3) is 5.91 Å². The SMILES string of the molecule is O=C(NCc1cccs1)c1ccc(COc2cc(Cl)ccc2Cl)o1. The Morgan fingerprint density at radius 3 is 2.88 bits per heavy atom. The maximum absolute atomic E-state index is 12.0. The molecule has 0 spiro atoms. The van der Waals surface area contributed by atoms with Gasteiger partial charge in [0.05, 0.1) is 11.6 Å². The molecule has 0 radical (unpaired) electrons. The number of rotatable bonds is 6. The van der Waals surface area contributed by atoms with Gasteiger partial charge in [0.2, 0.25) is 0 Å². The summed E-state index contributed by atoms with van der Waals surface area (Å²) in [5.74, 6) is 0.953. The normalized spacial score (nSPS) is 10.6. The smallest absolute Gasteiger partial charge is 0.287 e. The Morgan fingerprint density at radius 2 is 2.08 bits per heavy atom. The third kappa shape index (κ3) is 4.32.